The molecule has 1 aromatic carbocycles. The van der Waals surface area contributed by atoms with E-state index in [9.17, 15) is 0 Å². The van der Waals surface area contributed by atoms with Crippen LogP contribution in [0, 0.1) is 0 Å². The fraction of sp³-hybridized carbons (Fsp3) is 0.0833. The molecule has 0 radical (unpaired) electrons. The van der Waals surface area contributed by atoms with Crippen LogP contribution in [0.4, 0.5) is 0 Å². The van der Waals surface area contributed by atoms with Crippen LogP contribution in [0.5, 0.6) is 5.75 Å². The molecule has 0 amide bonds. The fourth-order valence-corrected chi connectivity index (χ4v) is 1.41. The third-order valence-corrected chi connectivity index (χ3v) is 2.17. The summed E-state index contributed by atoms with van der Waals surface area (Å²) < 4.78 is 10.6. The number of oxime groups is 1. The van der Waals surface area contributed by atoms with Crippen molar-refractivity contribution >= 4 is 6.21 Å². The topological polar surface area (TPSA) is 55.0 Å². The van der Waals surface area contributed by atoms with Crippen LogP contribution >= 0.6 is 0 Å². The minimum atomic E-state index is 0.500. The molecular formula is C12H11NO3. The summed E-state index contributed by atoms with van der Waals surface area (Å²) in [5, 5.41) is 11.3. The Hall–Kier alpha value is -2.23. The van der Waals surface area contributed by atoms with Gasteiger partial charge in [0.05, 0.1) is 7.11 Å². The van der Waals surface area contributed by atoms with Crippen LogP contribution in [0.2, 0.25) is 0 Å². The summed E-state index contributed by atoms with van der Waals surface area (Å²) in [6.45, 7) is 0. The van der Waals surface area contributed by atoms with Crippen molar-refractivity contribution in [3.05, 3.63) is 42.2 Å². The van der Waals surface area contributed by atoms with Crippen LogP contribution < -0.4 is 4.74 Å². The highest BCUT2D eigenvalue weighted by molar-refractivity contribution is 5.76. The smallest absolute Gasteiger partial charge is 0.149 e. The van der Waals surface area contributed by atoms with E-state index in [-0.39, 0.29) is 0 Å². The zero-order valence-electron chi connectivity index (χ0n) is 8.75. The molecular weight excluding hydrogens is 206 g/mol. The molecule has 0 saturated heterocycles. The van der Waals surface area contributed by atoms with Crippen molar-refractivity contribution in [2.45, 2.75) is 0 Å². The molecule has 4 nitrogen and oxygen atoms in total. The Bertz CT molecular complexity index is 502. The summed E-state index contributed by atoms with van der Waals surface area (Å²) in [6.07, 6.45) is 1.24. The van der Waals surface area contributed by atoms with E-state index in [2.05, 4.69) is 5.16 Å². The molecule has 16 heavy (non-hydrogen) atoms. The average molecular weight is 217 g/mol. The maximum Gasteiger partial charge on any atom is 0.149 e. The van der Waals surface area contributed by atoms with E-state index in [4.69, 9.17) is 14.4 Å². The second kappa shape index (κ2) is 4.53. The zero-order valence-corrected chi connectivity index (χ0v) is 8.75. The highest BCUT2D eigenvalue weighted by Crippen LogP contribution is 2.25. The highest BCUT2D eigenvalue weighted by atomic mass is 16.5. The summed E-state index contributed by atoms with van der Waals surface area (Å²) >= 11 is 0. The molecule has 2 aromatic rings. The summed E-state index contributed by atoms with van der Waals surface area (Å²) in [4.78, 5) is 0. The second-order valence-corrected chi connectivity index (χ2v) is 3.18. The molecule has 0 aliphatic heterocycles. The first kappa shape index (κ1) is 10.3. The summed E-state index contributed by atoms with van der Waals surface area (Å²) in [7, 11) is 1.62. The van der Waals surface area contributed by atoms with Crippen LogP contribution in [0.15, 0.2) is 46.0 Å². The number of nitrogens with zero attached hydrogens (tertiary/aromatic N) is 1. The predicted molar refractivity (Wildman–Crippen MR) is 60.1 cm³/mol. The zero-order chi connectivity index (χ0) is 11.4. The molecule has 0 unspecified atom stereocenters. The van der Waals surface area contributed by atoms with Gasteiger partial charge in [-0.25, -0.2) is 0 Å². The van der Waals surface area contributed by atoms with E-state index in [1.165, 1.54) is 6.21 Å². The number of hydrogen-bond acceptors (Lipinski definition) is 4. The van der Waals surface area contributed by atoms with Crippen molar-refractivity contribution in [1.82, 2.24) is 0 Å². The van der Waals surface area contributed by atoms with E-state index in [0.717, 1.165) is 11.3 Å². The van der Waals surface area contributed by atoms with Crippen molar-refractivity contribution in [2.75, 3.05) is 7.11 Å². The molecule has 0 saturated carbocycles. The van der Waals surface area contributed by atoms with E-state index in [1.807, 2.05) is 30.3 Å². The Morgan fingerprint density at radius 2 is 2.19 bits per heavy atom. The molecule has 1 aromatic heterocycles. The maximum atomic E-state index is 8.37. The third-order valence-electron chi connectivity index (χ3n) is 2.17. The minimum absolute atomic E-state index is 0.500. The quantitative estimate of drug-likeness (QED) is 0.488. The van der Waals surface area contributed by atoms with Gasteiger partial charge in [-0.05, 0) is 24.3 Å². The van der Waals surface area contributed by atoms with Gasteiger partial charge in [-0.15, -0.1) is 0 Å². The Labute approximate surface area is 92.8 Å². The standard InChI is InChI=1S/C12H11NO3/c1-15-10-4-2-3-9(7-10)12-6-5-11(16-12)8-13-14/h2-8,14H,1H3/b13-8+. The van der Waals surface area contributed by atoms with Gasteiger partial charge in [-0.3, -0.25) is 0 Å². The number of hydrogen-bond donors (Lipinski definition) is 1. The highest BCUT2D eigenvalue weighted by Gasteiger charge is 2.04. The molecule has 2 rings (SSSR count). The molecule has 0 atom stereocenters. The van der Waals surface area contributed by atoms with Crippen LogP contribution in [0.1, 0.15) is 5.76 Å². The average Bonchev–Trinajstić information content (AvgIpc) is 2.78. The Morgan fingerprint density at radius 3 is 2.94 bits per heavy atom. The third kappa shape index (κ3) is 2.06. The van der Waals surface area contributed by atoms with E-state index in [1.54, 1.807) is 13.2 Å². The van der Waals surface area contributed by atoms with Crippen molar-refractivity contribution in [3.8, 4) is 17.1 Å². The Kier molecular flexibility index (Phi) is 2.91. The first-order chi connectivity index (χ1) is 7.83. The van der Waals surface area contributed by atoms with Gasteiger partial charge < -0.3 is 14.4 Å². The molecule has 0 spiro atoms. The minimum Gasteiger partial charge on any atom is -0.497 e. The summed E-state index contributed by atoms with van der Waals surface area (Å²) in [5.74, 6) is 1.97. The van der Waals surface area contributed by atoms with E-state index < -0.39 is 0 Å². The molecule has 0 bridgehead atoms. The molecule has 4 heteroatoms. The maximum absolute atomic E-state index is 8.37. The lowest BCUT2D eigenvalue weighted by Gasteiger charge is -2.01. The van der Waals surface area contributed by atoms with Crippen molar-refractivity contribution < 1.29 is 14.4 Å². The first-order valence-corrected chi connectivity index (χ1v) is 4.75. The Balaban J connectivity index is 2.34. The van der Waals surface area contributed by atoms with Gasteiger partial charge in [0.1, 0.15) is 23.5 Å². The lowest BCUT2D eigenvalue weighted by atomic mass is 10.2. The normalized spacial score (nSPS) is 10.8. The largest absolute Gasteiger partial charge is 0.497 e. The van der Waals surface area contributed by atoms with Gasteiger partial charge in [0.15, 0.2) is 0 Å². The summed E-state index contributed by atoms with van der Waals surface area (Å²) in [6, 6.07) is 11.1. The number of methoxy groups -OCH3 is 1. The van der Waals surface area contributed by atoms with E-state index >= 15 is 0 Å². The molecule has 0 aliphatic carbocycles. The van der Waals surface area contributed by atoms with Gasteiger partial charge in [0.25, 0.3) is 0 Å². The molecule has 1 N–H and O–H groups in total. The van der Waals surface area contributed by atoms with Gasteiger partial charge in [0.2, 0.25) is 0 Å². The predicted octanol–water partition coefficient (Wildman–Crippen LogP) is 2.76. The SMILES string of the molecule is COc1cccc(-c2ccc(/C=N/O)o2)c1. The molecule has 0 aliphatic rings. The number of furan rings is 1. The lowest BCUT2D eigenvalue weighted by molar-refractivity contribution is 0.321. The lowest BCUT2D eigenvalue weighted by Crippen LogP contribution is -1.82. The van der Waals surface area contributed by atoms with Crippen LogP contribution in [0.3, 0.4) is 0 Å². The molecule has 0 fully saturated rings. The van der Waals surface area contributed by atoms with Crippen molar-refractivity contribution in [3.63, 3.8) is 0 Å². The second-order valence-electron chi connectivity index (χ2n) is 3.18. The van der Waals surface area contributed by atoms with Crippen LogP contribution in [-0.2, 0) is 0 Å². The van der Waals surface area contributed by atoms with Crippen LogP contribution in [-0.4, -0.2) is 18.5 Å². The number of ether oxygens (including phenoxy) is 1. The van der Waals surface area contributed by atoms with Crippen molar-refractivity contribution in [2.24, 2.45) is 5.16 Å². The van der Waals surface area contributed by atoms with Gasteiger partial charge >= 0.3 is 0 Å². The van der Waals surface area contributed by atoms with Gasteiger partial charge in [0, 0.05) is 5.56 Å². The number of rotatable bonds is 3. The summed E-state index contributed by atoms with van der Waals surface area (Å²) in [5.41, 5.74) is 0.914. The number of benzene rings is 1. The van der Waals surface area contributed by atoms with Gasteiger partial charge in [-0.2, -0.15) is 0 Å². The Morgan fingerprint density at radius 1 is 1.31 bits per heavy atom. The first-order valence-electron chi connectivity index (χ1n) is 4.75. The van der Waals surface area contributed by atoms with Crippen LogP contribution in [0.25, 0.3) is 11.3 Å². The molecule has 82 valence electrons. The fourth-order valence-electron chi connectivity index (χ4n) is 1.41. The van der Waals surface area contributed by atoms with Crippen molar-refractivity contribution in [1.29, 1.82) is 0 Å². The monoisotopic (exact) mass is 217 g/mol. The van der Waals surface area contributed by atoms with Gasteiger partial charge in [-0.1, -0.05) is 17.3 Å². The molecule has 1 heterocycles. The van der Waals surface area contributed by atoms with E-state index in [0.29, 0.717) is 11.5 Å².